The fourth-order valence-electron chi connectivity index (χ4n) is 2.05. The quantitative estimate of drug-likeness (QED) is 0.755. The standard InChI is InChI=1S/C16H19N3O4/c1-11(12-5-3-2-4-6-12)9-17-15(21)10-23-16(22)13-7-8-14(20)19-18-13/h2-6,11H,7-10H2,1H3,(H,17,21)(H,19,20)/t11-/m0/s1. The van der Waals surface area contributed by atoms with Gasteiger partial charge in [-0.1, -0.05) is 37.3 Å². The molecule has 1 atom stereocenters. The fourth-order valence-corrected chi connectivity index (χ4v) is 2.05. The van der Waals surface area contributed by atoms with Crippen molar-refractivity contribution in [3.63, 3.8) is 0 Å². The summed E-state index contributed by atoms with van der Waals surface area (Å²) < 4.78 is 4.88. The smallest absolute Gasteiger partial charge is 0.355 e. The summed E-state index contributed by atoms with van der Waals surface area (Å²) >= 11 is 0. The van der Waals surface area contributed by atoms with E-state index < -0.39 is 5.97 Å². The summed E-state index contributed by atoms with van der Waals surface area (Å²) in [6.45, 7) is 2.09. The van der Waals surface area contributed by atoms with Gasteiger partial charge in [-0.15, -0.1) is 0 Å². The highest BCUT2D eigenvalue weighted by Gasteiger charge is 2.20. The largest absolute Gasteiger partial charge is 0.451 e. The van der Waals surface area contributed by atoms with Crippen molar-refractivity contribution in [3.8, 4) is 0 Å². The molecule has 7 heteroatoms. The van der Waals surface area contributed by atoms with Gasteiger partial charge in [0.25, 0.3) is 5.91 Å². The molecule has 0 aliphatic carbocycles. The van der Waals surface area contributed by atoms with E-state index in [9.17, 15) is 14.4 Å². The molecule has 2 amide bonds. The first-order chi connectivity index (χ1) is 11.1. The maximum absolute atomic E-state index is 11.7. The molecule has 1 aromatic rings. The van der Waals surface area contributed by atoms with Crippen LogP contribution in [0.3, 0.4) is 0 Å². The molecule has 2 N–H and O–H groups in total. The van der Waals surface area contributed by atoms with Crippen molar-refractivity contribution >= 4 is 23.5 Å². The zero-order valence-corrected chi connectivity index (χ0v) is 12.9. The van der Waals surface area contributed by atoms with Gasteiger partial charge >= 0.3 is 5.97 Å². The second-order valence-electron chi connectivity index (χ2n) is 5.29. The van der Waals surface area contributed by atoms with Crippen molar-refractivity contribution < 1.29 is 19.1 Å². The third kappa shape index (κ3) is 5.21. The lowest BCUT2D eigenvalue weighted by Crippen LogP contribution is -2.35. The van der Waals surface area contributed by atoms with Crippen LogP contribution in [0.25, 0.3) is 0 Å². The Bertz CT molecular complexity index is 613. The first-order valence-electron chi connectivity index (χ1n) is 7.40. The maximum Gasteiger partial charge on any atom is 0.355 e. The summed E-state index contributed by atoms with van der Waals surface area (Å²) in [5, 5.41) is 6.33. The number of hydrogen-bond donors (Lipinski definition) is 2. The van der Waals surface area contributed by atoms with Gasteiger partial charge in [-0.3, -0.25) is 9.59 Å². The molecule has 122 valence electrons. The van der Waals surface area contributed by atoms with Gasteiger partial charge in [0.2, 0.25) is 5.91 Å². The van der Waals surface area contributed by atoms with Gasteiger partial charge in [0.05, 0.1) is 0 Å². The molecular weight excluding hydrogens is 298 g/mol. The van der Waals surface area contributed by atoms with E-state index in [0.29, 0.717) is 6.54 Å². The highest BCUT2D eigenvalue weighted by atomic mass is 16.5. The van der Waals surface area contributed by atoms with Crippen LogP contribution in [0.1, 0.15) is 31.2 Å². The number of nitrogens with zero attached hydrogens (tertiary/aromatic N) is 1. The molecule has 0 saturated carbocycles. The number of carbonyl (C=O) groups is 3. The molecular formula is C16H19N3O4. The van der Waals surface area contributed by atoms with E-state index in [1.807, 2.05) is 37.3 Å². The Hall–Kier alpha value is -2.70. The summed E-state index contributed by atoms with van der Waals surface area (Å²) in [5.41, 5.74) is 3.45. The summed E-state index contributed by atoms with van der Waals surface area (Å²) in [5.74, 6) is -1.14. The number of esters is 1. The molecule has 1 aliphatic heterocycles. The predicted molar refractivity (Wildman–Crippen MR) is 83.6 cm³/mol. The zero-order valence-electron chi connectivity index (χ0n) is 12.9. The normalized spacial score (nSPS) is 15.2. The monoisotopic (exact) mass is 317 g/mol. The Labute approximate surface area is 134 Å². The number of rotatable bonds is 6. The van der Waals surface area contributed by atoms with Crippen molar-refractivity contribution in [2.45, 2.75) is 25.7 Å². The lowest BCUT2D eigenvalue weighted by atomic mass is 10.0. The van der Waals surface area contributed by atoms with E-state index in [-0.39, 0.29) is 42.9 Å². The Morgan fingerprint density at radius 2 is 2.04 bits per heavy atom. The lowest BCUT2D eigenvalue weighted by Gasteiger charge is -2.14. The minimum atomic E-state index is -0.684. The van der Waals surface area contributed by atoms with Crippen LogP contribution in [-0.4, -0.2) is 36.6 Å². The second kappa shape index (κ2) is 8.07. The third-order valence-corrected chi connectivity index (χ3v) is 3.45. The van der Waals surface area contributed by atoms with Crippen LogP contribution in [0.15, 0.2) is 35.4 Å². The first kappa shape index (κ1) is 16.7. The number of nitrogens with one attached hydrogen (secondary N) is 2. The number of benzene rings is 1. The molecule has 0 aromatic heterocycles. The zero-order chi connectivity index (χ0) is 16.7. The van der Waals surface area contributed by atoms with Crippen molar-refractivity contribution in [1.82, 2.24) is 10.7 Å². The molecule has 0 spiro atoms. The second-order valence-corrected chi connectivity index (χ2v) is 5.29. The SMILES string of the molecule is C[C@@H](CNC(=O)COC(=O)C1=NNC(=O)CC1)c1ccccc1. The van der Waals surface area contributed by atoms with Gasteiger partial charge in [0.1, 0.15) is 5.71 Å². The minimum Gasteiger partial charge on any atom is -0.451 e. The summed E-state index contributed by atoms with van der Waals surface area (Å²) in [6, 6.07) is 9.81. The topological polar surface area (TPSA) is 96.9 Å². The van der Waals surface area contributed by atoms with Crippen LogP contribution < -0.4 is 10.7 Å². The van der Waals surface area contributed by atoms with E-state index >= 15 is 0 Å². The van der Waals surface area contributed by atoms with E-state index in [2.05, 4.69) is 15.8 Å². The van der Waals surface area contributed by atoms with Crippen LogP contribution in [0, 0.1) is 0 Å². The van der Waals surface area contributed by atoms with Crippen molar-refractivity contribution in [2.75, 3.05) is 13.2 Å². The van der Waals surface area contributed by atoms with Crippen LogP contribution in [0.4, 0.5) is 0 Å². The Morgan fingerprint density at radius 3 is 2.70 bits per heavy atom. The van der Waals surface area contributed by atoms with E-state index in [4.69, 9.17) is 4.74 Å². The van der Waals surface area contributed by atoms with Crippen LogP contribution in [0.2, 0.25) is 0 Å². The van der Waals surface area contributed by atoms with E-state index in [1.165, 1.54) is 0 Å². The fraction of sp³-hybridized carbons (Fsp3) is 0.375. The molecule has 0 bridgehead atoms. The van der Waals surface area contributed by atoms with E-state index in [1.54, 1.807) is 0 Å². The minimum absolute atomic E-state index is 0.120. The summed E-state index contributed by atoms with van der Waals surface area (Å²) in [4.78, 5) is 34.3. The van der Waals surface area contributed by atoms with Gasteiger partial charge in [-0.25, -0.2) is 10.2 Å². The number of hydrogen-bond acceptors (Lipinski definition) is 5. The number of amides is 2. The highest BCUT2D eigenvalue weighted by Crippen LogP contribution is 2.12. The molecule has 23 heavy (non-hydrogen) atoms. The average molecular weight is 317 g/mol. The molecule has 7 nitrogen and oxygen atoms in total. The number of ether oxygens (including phenoxy) is 1. The summed E-state index contributed by atoms with van der Waals surface area (Å²) in [6.07, 6.45) is 0.409. The molecule has 0 radical (unpaired) electrons. The first-order valence-corrected chi connectivity index (χ1v) is 7.40. The predicted octanol–water partition coefficient (Wildman–Crippen LogP) is 0.716. The number of carbonyl (C=O) groups excluding carboxylic acids is 3. The maximum atomic E-state index is 11.7. The Kier molecular flexibility index (Phi) is 5.85. The van der Waals surface area contributed by atoms with Gasteiger partial charge in [-0.05, 0) is 11.5 Å². The Morgan fingerprint density at radius 1 is 1.30 bits per heavy atom. The molecule has 0 saturated heterocycles. The van der Waals surface area contributed by atoms with Gasteiger partial charge in [0, 0.05) is 19.4 Å². The van der Waals surface area contributed by atoms with Gasteiger partial charge in [-0.2, -0.15) is 5.10 Å². The average Bonchev–Trinajstić information content (AvgIpc) is 2.59. The summed E-state index contributed by atoms with van der Waals surface area (Å²) in [7, 11) is 0. The third-order valence-electron chi connectivity index (χ3n) is 3.45. The molecule has 2 rings (SSSR count). The van der Waals surface area contributed by atoms with Crippen molar-refractivity contribution in [2.24, 2.45) is 5.10 Å². The van der Waals surface area contributed by atoms with Crippen molar-refractivity contribution in [1.29, 1.82) is 0 Å². The van der Waals surface area contributed by atoms with Crippen LogP contribution >= 0.6 is 0 Å². The Balaban J connectivity index is 1.71. The molecule has 0 fully saturated rings. The highest BCUT2D eigenvalue weighted by molar-refractivity contribution is 6.37. The molecule has 1 aliphatic rings. The van der Waals surface area contributed by atoms with Crippen molar-refractivity contribution in [3.05, 3.63) is 35.9 Å². The molecule has 1 heterocycles. The lowest BCUT2D eigenvalue weighted by molar-refractivity contribution is -0.142. The molecule has 0 unspecified atom stereocenters. The van der Waals surface area contributed by atoms with E-state index in [0.717, 1.165) is 5.56 Å². The molecule has 1 aromatic carbocycles. The number of hydrazone groups is 1. The van der Waals surface area contributed by atoms with Crippen LogP contribution in [-0.2, 0) is 19.1 Å². The van der Waals surface area contributed by atoms with Crippen LogP contribution in [0.5, 0.6) is 0 Å². The van der Waals surface area contributed by atoms with Gasteiger partial charge < -0.3 is 10.1 Å². The van der Waals surface area contributed by atoms with Gasteiger partial charge in [0.15, 0.2) is 6.61 Å².